The number of imide groups is 1. The second kappa shape index (κ2) is 9.82. The Kier molecular flexibility index (Phi) is 6.54. The quantitative estimate of drug-likeness (QED) is 0.292. The van der Waals surface area contributed by atoms with E-state index in [4.69, 9.17) is 9.57 Å². The number of fused-ring (bicyclic) bond motifs is 2. The van der Waals surface area contributed by atoms with Crippen LogP contribution >= 0.6 is 11.3 Å². The Morgan fingerprint density at radius 2 is 1.75 bits per heavy atom. The Balaban J connectivity index is 1.43. The molecule has 2 saturated heterocycles. The van der Waals surface area contributed by atoms with Gasteiger partial charge in [0, 0.05) is 4.88 Å². The van der Waals surface area contributed by atoms with Gasteiger partial charge >= 0.3 is 5.97 Å². The van der Waals surface area contributed by atoms with Crippen molar-refractivity contribution in [3.8, 4) is 0 Å². The SMILES string of the molecule is COC(=O)c1c(N2C(=O)[C@H]3[C@@H](c4ccc(F)cc4)N(c4ccccc4)O[C@H]3C2=O)sc2c1CC[C@@H](C(C)(C)C)C2. The summed E-state index contributed by atoms with van der Waals surface area (Å²) in [6.45, 7) is 6.62. The lowest BCUT2D eigenvalue weighted by atomic mass is 9.72. The third-order valence-electron chi connectivity index (χ3n) is 8.40. The number of benzene rings is 2. The van der Waals surface area contributed by atoms with Crippen LogP contribution in [0.5, 0.6) is 0 Å². The van der Waals surface area contributed by atoms with Crippen molar-refractivity contribution < 1.29 is 28.3 Å². The second-order valence-corrected chi connectivity index (χ2v) is 12.8. The summed E-state index contributed by atoms with van der Waals surface area (Å²) < 4.78 is 19.0. The zero-order chi connectivity index (χ0) is 28.3. The van der Waals surface area contributed by atoms with Crippen LogP contribution < -0.4 is 9.96 Å². The molecule has 40 heavy (non-hydrogen) atoms. The summed E-state index contributed by atoms with van der Waals surface area (Å²) in [6.07, 6.45) is 1.27. The minimum Gasteiger partial charge on any atom is -0.465 e. The Bertz CT molecular complexity index is 1480. The number of carbonyl (C=O) groups excluding carboxylic acids is 3. The number of halogens is 1. The molecule has 0 unspecified atom stereocenters. The van der Waals surface area contributed by atoms with Gasteiger partial charge in [0.05, 0.1) is 24.4 Å². The number of amides is 2. The number of anilines is 2. The van der Waals surface area contributed by atoms with E-state index in [1.807, 2.05) is 30.3 Å². The number of rotatable bonds is 4. The number of hydroxylamine groups is 1. The molecule has 0 N–H and O–H groups in total. The van der Waals surface area contributed by atoms with Crippen molar-refractivity contribution in [2.75, 3.05) is 17.1 Å². The summed E-state index contributed by atoms with van der Waals surface area (Å²) in [6, 6.07) is 14.4. The number of methoxy groups -OCH3 is 1. The van der Waals surface area contributed by atoms with E-state index < -0.39 is 41.7 Å². The van der Waals surface area contributed by atoms with Crippen LogP contribution in [-0.4, -0.2) is 31.0 Å². The van der Waals surface area contributed by atoms with Crippen LogP contribution in [0.15, 0.2) is 54.6 Å². The first-order valence-corrected chi connectivity index (χ1v) is 14.3. The molecule has 0 radical (unpaired) electrons. The first-order valence-electron chi connectivity index (χ1n) is 13.5. The molecule has 2 fully saturated rings. The highest BCUT2D eigenvalue weighted by Gasteiger charge is 2.61. The average molecular weight is 563 g/mol. The number of carbonyl (C=O) groups is 3. The minimum absolute atomic E-state index is 0.0840. The van der Waals surface area contributed by atoms with Crippen molar-refractivity contribution in [2.24, 2.45) is 17.3 Å². The fraction of sp³-hybridized carbons (Fsp3) is 0.387. The highest BCUT2D eigenvalue weighted by Crippen LogP contribution is 2.51. The van der Waals surface area contributed by atoms with Gasteiger partial charge in [-0.2, -0.15) is 0 Å². The van der Waals surface area contributed by atoms with Gasteiger partial charge in [0.2, 0.25) is 5.91 Å². The molecule has 0 bridgehead atoms. The number of hydrogen-bond acceptors (Lipinski definition) is 7. The standard InChI is InChI=1S/C31H31FN2O5S/c1-31(2,3)18-12-15-21-22(16-18)40-29(23(21)30(37)38-4)33-27(35)24-25(17-10-13-19(32)14-11-17)34(39-26(24)28(33)36)20-8-6-5-7-9-20/h5-11,13-14,18,24-26H,12,15-16H2,1-4H3/t18-,24+,25-,26-/m1/s1. The summed E-state index contributed by atoms with van der Waals surface area (Å²) in [7, 11) is 1.31. The van der Waals surface area contributed by atoms with Crippen molar-refractivity contribution in [1.29, 1.82) is 0 Å². The number of para-hydroxylation sites is 1. The highest BCUT2D eigenvalue weighted by atomic mass is 32.1. The van der Waals surface area contributed by atoms with Crippen LogP contribution in [0.2, 0.25) is 0 Å². The topological polar surface area (TPSA) is 76.2 Å². The summed E-state index contributed by atoms with van der Waals surface area (Å²) >= 11 is 1.33. The summed E-state index contributed by atoms with van der Waals surface area (Å²) in [5, 5.41) is 1.88. The average Bonchev–Trinajstić information content (AvgIpc) is 3.58. The van der Waals surface area contributed by atoms with Gasteiger partial charge in [0.15, 0.2) is 6.10 Å². The maximum absolute atomic E-state index is 14.2. The van der Waals surface area contributed by atoms with Gasteiger partial charge < -0.3 is 4.74 Å². The molecule has 6 rings (SSSR count). The highest BCUT2D eigenvalue weighted by molar-refractivity contribution is 7.17. The maximum Gasteiger partial charge on any atom is 0.341 e. The minimum atomic E-state index is -1.09. The molecule has 3 heterocycles. The van der Waals surface area contributed by atoms with Crippen molar-refractivity contribution in [1.82, 2.24) is 0 Å². The van der Waals surface area contributed by atoms with Gasteiger partial charge in [-0.3, -0.25) is 14.4 Å². The van der Waals surface area contributed by atoms with E-state index >= 15 is 0 Å². The first kappa shape index (κ1) is 26.7. The fourth-order valence-corrected chi connectivity index (χ4v) is 7.62. The molecule has 3 aromatic rings. The van der Waals surface area contributed by atoms with Gasteiger partial charge in [-0.25, -0.2) is 19.1 Å². The third-order valence-corrected chi connectivity index (χ3v) is 9.64. The third kappa shape index (κ3) is 4.23. The Morgan fingerprint density at radius 1 is 1.05 bits per heavy atom. The lowest BCUT2D eigenvalue weighted by molar-refractivity contribution is -0.126. The van der Waals surface area contributed by atoms with Crippen LogP contribution in [0.4, 0.5) is 15.1 Å². The Hall–Kier alpha value is -3.56. The molecular weight excluding hydrogens is 531 g/mol. The van der Waals surface area contributed by atoms with Crippen LogP contribution in [0, 0.1) is 23.1 Å². The molecule has 1 aliphatic carbocycles. The molecule has 4 atom stereocenters. The zero-order valence-corrected chi connectivity index (χ0v) is 23.7. The predicted molar refractivity (Wildman–Crippen MR) is 150 cm³/mol. The molecule has 9 heteroatoms. The predicted octanol–water partition coefficient (Wildman–Crippen LogP) is 5.88. The van der Waals surface area contributed by atoms with Crippen molar-refractivity contribution in [3.05, 3.63) is 82.0 Å². The lowest BCUT2D eigenvalue weighted by Gasteiger charge is -2.33. The van der Waals surface area contributed by atoms with Gasteiger partial charge in [0.1, 0.15) is 16.7 Å². The number of ether oxygens (including phenoxy) is 1. The van der Waals surface area contributed by atoms with E-state index in [1.165, 1.54) is 30.6 Å². The molecular formula is C31H31FN2O5S. The summed E-state index contributed by atoms with van der Waals surface area (Å²) in [5.41, 5.74) is 2.57. The smallest absolute Gasteiger partial charge is 0.341 e. The van der Waals surface area contributed by atoms with Crippen molar-refractivity contribution >= 4 is 39.8 Å². The van der Waals surface area contributed by atoms with Crippen LogP contribution in [0.1, 0.15) is 59.6 Å². The first-order chi connectivity index (χ1) is 19.1. The summed E-state index contributed by atoms with van der Waals surface area (Å²) in [5.74, 6) is -2.39. The van der Waals surface area contributed by atoms with E-state index in [-0.39, 0.29) is 5.41 Å². The van der Waals surface area contributed by atoms with Crippen LogP contribution in [-0.2, 0) is 32.0 Å². The molecule has 3 aliphatic rings. The van der Waals surface area contributed by atoms with E-state index in [0.717, 1.165) is 28.2 Å². The molecule has 1 aromatic heterocycles. The van der Waals surface area contributed by atoms with Crippen LogP contribution in [0.25, 0.3) is 0 Å². The lowest BCUT2D eigenvalue weighted by Crippen LogP contribution is -2.37. The van der Waals surface area contributed by atoms with Gasteiger partial charge in [-0.15, -0.1) is 11.3 Å². The second-order valence-electron chi connectivity index (χ2n) is 11.7. The molecule has 0 spiro atoms. The zero-order valence-electron chi connectivity index (χ0n) is 22.8. The molecule has 0 saturated carbocycles. The largest absolute Gasteiger partial charge is 0.465 e. The van der Waals surface area contributed by atoms with Crippen molar-refractivity contribution in [3.63, 3.8) is 0 Å². The monoisotopic (exact) mass is 562 g/mol. The van der Waals surface area contributed by atoms with Gasteiger partial charge in [0.25, 0.3) is 5.91 Å². The molecule has 7 nitrogen and oxygen atoms in total. The van der Waals surface area contributed by atoms with E-state index in [2.05, 4.69) is 20.8 Å². The fourth-order valence-electron chi connectivity index (χ4n) is 6.19. The maximum atomic E-state index is 14.2. The van der Waals surface area contributed by atoms with E-state index in [9.17, 15) is 18.8 Å². The molecule has 2 aliphatic heterocycles. The molecule has 208 valence electrons. The van der Waals surface area contributed by atoms with Crippen molar-refractivity contribution in [2.45, 2.75) is 52.2 Å². The van der Waals surface area contributed by atoms with Crippen LogP contribution in [0.3, 0.4) is 0 Å². The summed E-state index contributed by atoms with van der Waals surface area (Å²) in [4.78, 5) is 49.6. The number of hydrogen-bond donors (Lipinski definition) is 0. The number of esters is 1. The Morgan fingerprint density at radius 3 is 2.40 bits per heavy atom. The van der Waals surface area contributed by atoms with E-state index in [0.29, 0.717) is 34.2 Å². The Labute approximate surface area is 236 Å². The van der Waals surface area contributed by atoms with Gasteiger partial charge in [-0.05, 0) is 66.0 Å². The molecule has 2 amide bonds. The molecule has 2 aromatic carbocycles. The van der Waals surface area contributed by atoms with Gasteiger partial charge in [-0.1, -0.05) is 51.1 Å². The number of thiophene rings is 1. The number of nitrogens with zero attached hydrogens (tertiary/aromatic N) is 2. The normalized spacial score (nSPS) is 24.3. The van der Waals surface area contributed by atoms with E-state index in [1.54, 1.807) is 17.2 Å².